The largest absolute Gasteiger partial charge is 0.506 e. The number of fused-ring (bicyclic) bond motifs is 1. The van der Waals surface area contributed by atoms with E-state index in [0.717, 1.165) is 21.2 Å². The summed E-state index contributed by atoms with van der Waals surface area (Å²) in [6.45, 7) is 3.60. The second-order valence-electron chi connectivity index (χ2n) is 7.79. The molecule has 2 aromatic carbocycles. The van der Waals surface area contributed by atoms with Crippen molar-refractivity contribution in [3.8, 4) is 28.5 Å². The number of ether oxygens (including phenoxy) is 2. The summed E-state index contributed by atoms with van der Waals surface area (Å²) in [7, 11) is 2.98. The summed E-state index contributed by atoms with van der Waals surface area (Å²) in [6.07, 6.45) is 0. The van der Waals surface area contributed by atoms with Crippen LogP contribution in [0.2, 0.25) is 0 Å². The molecule has 2 N–H and O–H groups in total. The molecule has 0 saturated heterocycles. The summed E-state index contributed by atoms with van der Waals surface area (Å²) in [6, 6.07) is 13.0. The fourth-order valence-corrected chi connectivity index (χ4v) is 4.75. The molecule has 1 amide bonds. The number of hydrogen-bond donors (Lipinski definition) is 2. The van der Waals surface area contributed by atoms with Gasteiger partial charge in [0.1, 0.15) is 5.75 Å². The fraction of sp³-hybridized carbons (Fsp3) is 0.192. The number of carbonyl (C=O) groups excluding carboxylic acids is 2. The second-order valence-corrected chi connectivity index (χ2v) is 8.67. The Morgan fingerprint density at radius 2 is 1.82 bits per heavy atom. The molecule has 0 fully saturated rings. The van der Waals surface area contributed by atoms with E-state index in [0.29, 0.717) is 22.8 Å². The minimum atomic E-state index is -0.921. The quantitative estimate of drug-likeness (QED) is 0.365. The van der Waals surface area contributed by atoms with Gasteiger partial charge < -0.3 is 19.9 Å². The SMILES string of the molecule is COc1ccc(C(=O)NC(C)C(=O)c2nc(-c3csc4c(C)cccc34)ccc2O)cc1OC. The van der Waals surface area contributed by atoms with Gasteiger partial charge in [-0.2, -0.15) is 0 Å². The van der Waals surface area contributed by atoms with Gasteiger partial charge in [-0.25, -0.2) is 4.98 Å². The van der Waals surface area contributed by atoms with E-state index in [-0.39, 0.29) is 11.4 Å². The lowest BCUT2D eigenvalue weighted by Crippen LogP contribution is -2.39. The van der Waals surface area contributed by atoms with Gasteiger partial charge in [0.15, 0.2) is 17.2 Å². The number of nitrogens with zero attached hydrogens (tertiary/aromatic N) is 1. The van der Waals surface area contributed by atoms with Gasteiger partial charge in [0.05, 0.1) is 26.0 Å². The van der Waals surface area contributed by atoms with Crippen LogP contribution in [-0.4, -0.2) is 42.0 Å². The number of aromatic hydroxyl groups is 1. The number of pyridine rings is 1. The molecule has 34 heavy (non-hydrogen) atoms. The Bertz CT molecular complexity index is 1400. The Hall–Kier alpha value is -3.91. The summed E-state index contributed by atoms with van der Waals surface area (Å²) < 4.78 is 11.6. The van der Waals surface area contributed by atoms with Crippen molar-refractivity contribution in [2.45, 2.75) is 19.9 Å². The smallest absolute Gasteiger partial charge is 0.252 e. The maximum atomic E-state index is 13.1. The topological polar surface area (TPSA) is 97.8 Å². The van der Waals surface area contributed by atoms with Crippen LogP contribution in [0.15, 0.2) is 53.9 Å². The molecule has 8 heteroatoms. The maximum absolute atomic E-state index is 13.1. The predicted molar refractivity (Wildman–Crippen MR) is 132 cm³/mol. The number of benzene rings is 2. The van der Waals surface area contributed by atoms with Gasteiger partial charge in [-0.1, -0.05) is 18.2 Å². The average Bonchev–Trinajstić information content (AvgIpc) is 3.29. The minimum absolute atomic E-state index is 0.0929. The van der Waals surface area contributed by atoms with Gasteiger partial charge in [0, 0.05) is 26.6 Å². The van der Waals surface area contributed by atoms with Gasteiger partial charge in [0.2, 0.25) is 5.78 Å². The summed E-state index contributed by atoms with van der Waals surface area (Å²) >= 11 is 1.61. The second kappa shape index (κ2) is 9.52. The Kier molecular flexibility index (Phi) is 6.51. The first kappa shape index (κ1) is 23.3. The minimum Gasteiger partial charge on any atom is -0.506 e. The molecular weight excluding hydrogens is 452 g/mol. The van der Waals surface area contributed by atoms with Gasteiger partial charge in [-0.05, 0) is 49.7 Å². The van der Waals surface area contributed by atoms with E-state index in [1.807, 2.05) is 30.5 Å². The maximum Gasteiger partial charge on any atom is 0.252 e. The van der Waals surface area contributed by atoms with Gasteiger partial charge in [0.25, 0.3) is 5.91 Å². The Morgan fingerprint density at radius 3 is 2.56 bits per heavy atom. The van der Waals surface area contributed by atoms with Crippen LogP contribution in [0.4, 0.5) is 0 Å². The first-order chi connectivity index (χ1) is 16.3. The van der Waals surface area contributed by atoms with E-state index in [9.17, 15) is 14.7 Å². The molecule has 0 aliphatic carbocycles. The van der Waals surface area contributed by atoms with Crippen LogP contribution in [-0.2, 0) is 0 Å². The van der Waals surface area contributed by atoms with E-state index >= 15 is 0 Å². The number of Topliss-reactive ketones (excluding diaryl/α,β-unsaturated/α-hetero) is 1. The van der Waals surface area contributed by atoms with Crippen molar-refractivity contribution >= 4 is 33.1 Å². The van der Waals surface area contributed by atoms with Crippen LogP contribution in [0.3, 0.4) is 0 Å². The molecule has 2 aromatic heterocycles. The molecule has 1 atom stereocenters. The summed E-state index contributed by atoms with van der Waals surface area (Å²) in [5.74, 6) is -0.304. The first-order valence-corrected chi connectivity index (χ1v) is 11.5. The van der Waals surface area contributed by atoms with E-state index < -0.39 is 17.7 Å². The number of nitrogens with one attached hydrogen (secondary N) is 1. The van der Waals surface area contributed by atoms with Crippen LogP contribution >= 0.6 is 11.3 Å². The molecule has 4 rings (SSSR count). The van der Waals surface area contributed by atoms with Crippen molar-refractivity contribution < 1.29 is 24.2 Å². The lowest BCUT2D eigenvalue weighted by Gasteiger charge is -2.15. The van der Waals surface area contributed by atoms with Crippen LogP contribution in [0.1, 0.15) is 33.3 Å². The zero-order valence-electron chi connectivity index (χ0n) is 19.2. The summed E-state index contributed by atoms with van der Waals surface area (Å²) in [5.41, 5.74) is 2.85. The lowest BCUT2D eigenvalue weighted by molar-refractivity contribution is 0.0861. The van der Waals surface area contributed by atoms with E-state index in [4.69, 9.17) is 9.47 Å². The molecule has 0 spiro atoms. The molecule has 2 heterocycles. The molecule has 0 radical (unpaired) electrons. The number of carbonyl (C=O) groups is 2. The standard InChI is InChI=1S/C26H24N2O5S/c1-14-6-5-7-17-18(13-34-25(14)17)19-9-10-20(29)23(28-19)24(30)15(2)27-26(31)16-8-11-21(32-3)22(12-16)33-4/h5-13,15,29H,1-4H3,(H,27,31). The number of hydrogen-bond acceptors (Lipinski definition) is 7. The van der Waals surface area contributed by atoms with Crippen molar-refractivity contribution in [3.05, 3.63) is 70.7 Å². The van der Waals surface area contributed by atoms with Crippen LogP contribution in [0.25, 0.3) is 21.3 Å². The predicted octanol–water partition coefficient (Wildman–Crippen LogP) is 5.00. The van der Waals surface area contributed by atoms with Crippen LogP contribution in [0, 0.1) is 6.92 Å². The van der Waals surface area contributed by atoms with Crippen molar-refractivity contribution in [1.82, 2.24) is 10.3 Å². The third kappa shape index (κ3) is 4.32. The molecule has 1 unspecified atom stereocenters. The normalized spacial score (nSPS) is 11.8. The van der Waals surface area contributed by atoms with Crippen LogP contribution < -0.4 is 14.8 Å². The number of aromatic nitrogens is 1. The van der Waals surface area contributed by atoms with Gasteiger partial charge in [-0.15, -0.1) is 11.3 Å². The van der Waals surface area contributed by atoms with Crippen molar-refractivity contribution in [3.63, 3.8) is 0 Å². The number of thiophene rings is 1. The third-order valence-corrected chi connectivity index (χ3v) is 6.70. The zero-order chi connectivity index (χ0) is 24.4. The molecule has 0 aliphatic rings. The third-order valence-electron chi connectivity index (χ3n) is 5.57. The highest BCUT2D eigenvalue weighted by molar-refractivity contribution is 7.18. The Labute approximate surface area is 201 Å². The van der Waals surface area contributed by atoms with E-state index in [1.54, 1.807) is 36.5 Å². The molecule has 7 nitrogen and oxygen atoms in total. The van der Waals surface area contributed by atoms with Crippen molar-refractivity contribution in [1.29, 1.82) is 0 Å². The lowest BCUT2D eigenvalue weighted by atomic mass is 10.0. The number of rotatable bonds is 7. The van der Waals surface area contributed by atoms with E-state index in [1.165, 1.54) is 26.4 Å². The zero-order valence-corrected chi connectivity index (χ0v) is 20.0. The summed E-state index contributed by atoms with van der Waals surface area (Å²) in [5, 5.41) is 16.1. The Morgan fingerprint density at radius 1 is 1.06 bits per heavy atom. The number of amides is 1. The number of aryl methyl sites for hydroxylation is 1. The fourth-order valence-electron chi connectivity index (χ4n) is 3.71. The van der Waals surface area contributed by atoms with Crippen molar-refractivity contribution in [2.24, 2.45) is 0 Å². The first-order valence-electron chi connectivity index (χ1n) is 10.6. The number of methoxy groups -OCH3 is 2. The highest BCUT2D eigenvalue weighted by Gasteiger charge is 2.24. The Balaban J connectivity index is 1.59. The molecular formula is C26H24N2O5S. The van der Waals surface area contributed by atoms with Crippen molar-refractivity contribution in [2.75, 3.05) is 14.2 Å². The molecule has 0 bridgehead atoms. The summed E-state index contributed by atoms with van der Waals surface area (Å²) in [4.78, 5) is 30.3. The molecule has 0 aliphatic heterocycles. The molecule has 0 saturated carbocycles. The van der Waals surface area contributed by atoms with Gasteiger partial charge in [-0.3, -0.25) is 9.59 Å². The highest BCUT2D eigenvalue weighted by atomic mass is 32.1. The van der Waals surface area contributed by atoms with Crippen LogP contribution in [0.5, 0.6) is 17.2 Å². The van der Waals surface area contributed by atoms with Gasteiger partial charge >= 0.3 is 0 Å². The monoisotopic (exact) mass is 476 g/mol. The van der Waals surface area contributed by atoms with E-state index in [2.05, 4.69) is 10.3 Å². The number of ketones is 1. The highest BCUT2D eigenvalue weighted by Crippen LogP contribution is 2.36. The average molecular weight is 477 g/mol. The molecule has 4 aromatic rings. The molecule has 174 valence electrons.